The minimum atomic E-state index is -3.86. The average Bonchev–Trinajstić information content (AvgIpc) is 2.98. The molecule has 0 saturated carbocycles. The van der Waals surface area contributed by atoms with E-state index in [9.17, 15) is 23.2 Å². The summed E-state index contributed by atoms with van der Waals surface area (Å²) in [5, 5.41) is 10.9. The van der Waals surface area contributed by atoms with Gasteiger partial charge in [0.1, 0.15) is 16.6 Å². The molecule has 1 amide bonds. The van der Waals surface area contributed by atoms with Gasteiger partial charge in [-0.25, -0.2) is 4.98 Å². The maximum absolute atomic E-state index is 12.5. The summed E-state index contributed by atoms with van der Waals surface area (Å²) in [6.07, 6.45) is 8.82. The molecule has 4 rings (SSSR count). The van der Waals surface area contributed by atoms with Crippen LogP contribution in [0.2, 0.25) is 0 Å². The number of nitrogens with one attached hydrogen (secondary N) is 1. The number of hydrogen-bond donors (Lipinski definition) is 4. The number of rotatable bonds is 14. The van der Waals surface area contributed by atoms with Crippen LogP contribution in [0.5, 0.6) is 5.75 Å². The number of Topliss-reactive ketones (excluding diaryl/α,β-unsaturated/α-hetero) is 1. The number of carbonyl (C=O) groups is 2. The molecule has 0 spiro atoms. The number of fused-ring (bicyclic) bond motifs is 1. The highest BCUT2D eigenvalue weighted by Crippen LogP contribution is 2.45. The van der Waals surface area contributed by atoms with Crippen LogP contribution in [0.1, 0.15) is 69.5 Å². The second-order valence-electron chi connectivity index (χ2n) is 9.93. The fraction of sp³-hybridized carbons (Fsp3) is 0.323. The molecule has 0 unspecified atom stereocenters. The second-order valence-corrected chi connectivity index (χ2v) is 11.4. The molecule has 0 saturated heterocycles. The first kappa shape index (κ1) is 31.0. The van der Waals surface area contributed by atoms with E-state index >= 15 is 0 Å². The van der Waals surface area contributed by atoms with E-state index < -0.39 is 10.9 Å². The number of amides is 1. The topological polar surface area (TPSA) is 154 Å². The SMILES string of the molecule is C=CCc1c(OCCCCCNC(=O)c2ccc(N=NCc3ccccc3S(O)(O)O)nc2)ccc2c1CCCC2=O. The lowest BCUT2D eigenvalue weighted by Gasteiger charge is -2.21. The molecular formula is C31H36N4O6S. The van der Waals surface area contributed by atoms with Crippen LogP contribution in [0.15, 0.2) is 82.5 Å². The fourth-order valence-corrected chi connectivity index (χ4v) is 5.58. The van der Waals surface area contributed by atoms with E-state index in [4.69, 9.17) is 4.74 Å². The van der Waals surface area contributed by atoms with Gasteiger partial charge in [-0.1, -0.05) is 24.3 Å². The lowest BCUT2D eigenvalue weighted by molar-refractivity contribution is 0.0949. The first-order valence-electron chi connectivity index (χ1n) is 13.9. The summed E-state index contributed by atoms with van der Waals surface area (Å²) in [4.78, 5) is 28.9. The number of carbonyl (C=O) groups excluding carboxylic acids is 2. The smallest absolute Gasteiger partial charge is 0.252 e. The van der Waals surface area contributed by atoms with Gasteiger partial charge in [-0.15, -0.1) is 11.7 Å². The highest BCUT2D eigenvalue weighted by molar-refractivity contribution is 8.19. The summed E-state index contributed by atoms with van der Waals surface area (Å²) in [7, 11) is -3.86. The summed E-state index contributed by atoms with van der Waals surface area (Å²) < 4.78 is 34.7. The second kappa shape index (κ2) is 14.8. The normalized spacial score (nSPS) is 13.5. The molecular weight excluding hydrogens is 556 g/mol. The molecule has 1 aliphatic rings. The van der Waals surface area contributed by atoms with Gasteiger partial charge >= 0.3 is 0 Å². The Bertz CT molecular complexity index is 1440. The molecule has 1 aliphatic carbocycles. The van der Waals surface area contributed by atoms with Crippen molar-refractivity contribution in [2.45, 2.75) is 56.4 Å². The molecule has 0 radical (unpaired) electrons. The van der Waals surface area contributed by atoms with E-state index in [2.05, 4.69) is 27.1 Å². The summed E-state index contributed by atoms with van der Waals surface area (Å²) in [6, 6.07) is 13.3. The Balaban J connectivity index is 1.17. The van der Waals surface area contributed by atoms with Gasteiger partial charge in [0, 0.05) is 30.3 Å². The van der Waals surface area contributed by atoms with Crippen molar-refractivity contribution < 1.29 is 28.0 Å². The molecule has 10 nitrogen and oxygen atoms in total. The van der Waals surface area contributed by atoms with Gasteiger partial charge < -0.3 is 23.7 Å². The summed E-state index contributed by atoms with van der Waals surface area (Å²) in [5.74, 6) is 1.08. The average molecular weight is 593 g/mol. The Kier molecular flexibility index (Phi) is 11.0. The maximum atomic E-state index is 12.5. The van der Waals surface area contributed by atoms with Crippen molar-refractivity contribution >= 4 is 28.4 Å². The van der Waals surface area contributed by atoms with Crippen molar-refractivity contribution in [3.05, 3.63) is 95.2 Å². The third kappa shape index (κ3) is 8.32. The number of azo groups is 1. The van der Waals surface area contributed by atoms with Crippen LogP contribution >= 0.6 is 10.9 Å². The predicted octanol–water partition coefficient (Wildman–Crippen LogP) is 7.17. The number of allylic oxidation sites excluding steroid dienone is 1. The van der Waals surface area contributed by atoms with Gasteiger partial charge in [0.15, 0.2) is 11.6 Å². The predicted molar refractivity (Wildman–Crippen MR) is 162 cm³/mol. The van der Waals surface area contributed by atoms with Crippen molar-refractivity contribution in [1.82, 2.24) is 10.3 Å². The fourth-order valence-electron chi connectivity index (χ4n) is 4.84. The number of aromatic nitrogens is 1. The number of unbranched alkanes of at least 4 members (excludes halogenated alkanes) is 2. The van der Waals surface area contributed by atoms with E-state index in [1.54, 1.807) is 30.3 Å². The first-order chi connectivity index (χ1) is 20.3. The standard InChI is InChI=1S/C31H36N4O6S/c1-2-9-26-24-11-8-12-27(36)25(24)15-16-28(26)41-19-7-3-6-18-32-31(37)23-14-17-30(33-20-23)35-34-21-22-10-4-5-13-29(22)42(38,39)40/h2,4-5,10,13-17,20,38-40H,1,3,6-9,11-12,18-19,21H2,(H,32,37). The van der Waals surface area contributed by atoms with Crippen molar-refractivity contribution in [1.29, 1.82) is 0 Å². The zero-order chi connectivity index (χ0) is 30.0. The Morgan fingerprint density at radius 3 is 2.67 bits per heavy atom. The number of pyridine rings is 1. The molecule has 4 N–H and O–H groups in total. The van der Waals surface area contributed by atoms with Crippen molar-refractivity contribution in [2.24, 2.45) is 10.2 Å². The summed E-state index contributed by atoms with van der Waals surface area (Å²) in [6.45, 7) is 4.95. The van der Waals surface area contributed by atoms with Crippen LogP contribution < -0.4 is 10.1 Å². The maximum Gasteiger partial charge on any atom is 0.252 e. The molecule has 11 heteroatoms. The van der Waals surface area contributed by atoms with Crippen molar-refractivity contribution in [3.63, 3.8) is 0 Å². The molecule has 2 aromatic carbocycles. The lowest BCUT2D eigenvalue weighted by atomic mass is 9.86. The molecule has 0 fully saturated rings. The van der Waals surface area contributed by atoms with E-state index in [1.807, 2.05) is 18.2 Å². The largest absolute Gasteiger partial charge is 0.493 e. The zero-order valence-corrected chi connectivity index (χ0v) is 24.2. The monoisotopic (exact) mass is 592 g/mol. The van der Waals surface area contributed by atoms with Gasteiger partial charge in [0.05, 0.1) is 23.6 Å². The molecule has 1 heterocycles. The molecule has 0 aliphatic heterocycles. The van der Waals surface area contributed by atoms with Gasteiger partial charge in [-0.3, -0.25) is 9.59 Å². The van der Waals surface area contributed by atoms with Gasteiger partial charge in [0.25, 0.3) is 5.91 Å². The summed E-state index contributed by atoms with van der Waals surface area (Å²) in [5.41, 5.74) is 3.82. The van der Waals surface area contributed by atoms with E-state index in [0.717, 1.165) is 54.5 Å². The van der Waals surface area contributed by atoms with Gasteiger partial charge in [-0.05, 0) is 80.0 Å². The van der Waals surface area contributed by atoms with Crippen LogP contribution in [-0.2, 0) is 19.4 Å². The third-order valence-electron chi connectivity index (χ3n) is 6.92. The Labute approximate surface area is 247 Å². The van der Waals surface area contributed by atoms with Crippen LogP contribution in [0, 0.1) is 0 Å². The van der Waals surface area contributed by atoms with E-state index in [1.165, 1.54) is 12.3 Å². The molecule has 222 valence electrons. The first-order valence-corrected chi connectivity index (χ1v) is 15.4. The molecule has 0 atom stereocenters. The van der Waals surface area contributed by atoms with Crippen molar-refractivity contribution in [3.8, 4) is 5.75 Å². The summed E-state index contributed by atoms with van der Waals surface area (Å²) >= 11 is 0. The number of ketones is 1. The van der Waals surface area contributed by atoms with Crippen LogP contribution in [-0.4, -0.2) is 43.5 Å². The number of hydrogen-bond acceptors (Lipinski definition) is 9. The molecule has 1 aromatic heterocycles. The lowest BCUT2D eigenvalue weighted by Crippen LogP contribution is -2.24. The zero-order valence-electron chi connectivity index (χ0n) is 23.4. The highest BCUT2D eigenvalue weighted by Gasteiger charge is 2.22. The Morgan fingerprint density at radius 2 is 1.90 bits per heavy atom. The quantitative estimate of drug-likeness (QED) is 0.0878. The van der Waals surface area contributed by atoms with Gasteiger partial charge in [-0.2, -0.15) is 5.11 Å². The number of ether oxygens (including phenoxy) is 1. The van der Waals surface area contributed by atoms with Crippen molar-refractivity contribution in [2.75, 3.05) is 13.2 Å². The van der Waals surface area contributed by atoms with Crippen LogP contribution in [0.3, 0.4) is 0 Å². The molecule has 3 aromatic rings. The Morgan fingerprint density at radius 1 is 1.07 bits per heavy atom. The Hall–Kier alpha value is -3.90. The van der Waals surface area contributed by atoms with Crippen LogP contribution in [0.25, 0.3) is 0 Å². The highest BCUT2D eigenvalue weighted by atomic mass is 32.3. The van der Waals surface area contributed by atoms with Gasteiger partial charge in [0.2, 0.25) is 0 Å². The minimum absolute atomic E-state index is 0.00209. The number of nitrogens with zero attached hydrogens (tertiary/aromatic N) is 3. The third-order valence-corrected chi connectivity index (χ3v) is 7.91. The van der Waals surface area contributed by atoms with E-state index in [0.29, 0.717) is 42.9 Å². The minimum Gasteiger partial charge on any atom is -0.493 e. The molecule has 0 bridgehead atoms. The molecule has 42 heavy (non-hydrogen) atoms. The van der Waals surface area contributed by atoms with E-state index in [-0.39, 0.29) is 23.1 Å². The number of benzene rings is 2. The van der Waals surface area contributed by atoms with Crippen LogP contribution in [0.4, 0.5) is 5.82 Å².